The lowest BCUT2D eigenvalue weighted by Gasteiger charge is -2.37. The summed E-state index contributed by atoms with van der Waals surface area (Å²) < 4.78 is 6.00. The average Bonchev–Trinajstić information content (AvgIpc) is 3.26. The van der Waals surface area contributed by atoms with Crippen LogP contribution in [-0.2, 0) is 9.53 Å². The SMILES string of the molecule is O=C(O)CCCCCCC/C=C\CCCCCCCCC1=CC=CN2C=C3OC4=CC=C(C4)N3C=C12. The number of unbranched alkanes of at least 4 members (excludes halogenated alkanes) is 11. The standard InChI is InChI=1S/C31H42N2O3/c34-31(35)19-15-13-11-9-7-5-3-1-2-4-6-8-10-12-14-17-26-18-16-22-32-25-30-33(24-29(26)32)27-20-21-28(23-27)36-30/h1,3,16,18,20-22,24-25H,2,4-15,17,19,23H2,(H,34,35)/b3-1-. The number of hydrogen-bond acceptors (Lipinski definition) is 4. The van der Waals surface area contributed by atoms with Gasteiger partial charge in [0.2, 0.25) is 5.88 Å². The lowest BCUT2D eigenvalue weighted by atomic mass is 9.99. The van der Waals surface area contributed by atoms with Crippen LogP contribution in [0.4, 0.5) is 0 Å². The van der Waals surface area contributed by atoms with E-state index in [9.17, 15) is 4.79 Å². The molecule has 5 nitrogen and oxygen atoms in total. The second kappa shape index (κ2) is 14.0. The van der Waals surface area contributed by atoms with E-state index in [2.05, 4.69) is 64.9 Å². The predicted molar refractivity (Wildman–Crippen MR) is 145 cm³/mol. The normalized spacial score (nSPS) is 17.7. The number of fused-ring (bicyclic) bond motifs is 5. The van der Waals surface area contributed by atoms with Crippen molar-refractivity contribution >= 4 is 5.97 Å². The van der Waals surface area contributed by atoms with E-state index in [1.165, 1.54) is 74.8 Å². The molecule has 2 bridgehead atoms. The smallest absolute Gasteiger partial charge is 0.303 e. The Bertz CT molecular complexity index is 980. The average molecular weight is 491 g/mol. The highest BCUT2D eigenvalue weighted by Gasteiger charge is 2.31. The van der Waals surface area contributed by atoms with Crippen LogP contribution in [0.15, 0.2) is 83.7 Å². The maximum atomic E-state index is 10.5. The predicted octanol–water partition coefficient (Wildman–Crippen LogP) is 8.39. The molecule has 0 aromatic heterocycles. The van der Waals surface area contributed by atoms with Crippen molar-refractivity contribution in [3.63, 3.8) is 0 Å². The van der Waals surface area contributed by atoms with Gasteiger partial charge in [0.25, 0.3) is 0 Å². The van der Waals surface area contributed by atoms with Crippen molar-refractivity contribution < 1.29 is 14.6 Å². The molecule has 194 valence electrons. The van der Waals surface area contributed by atoms with E-state index >= 15 is 0 Å². The Balaban J connectivity index is 1.01. The van der Waals surface area contributed by atoms with Crippen LogP contribution in [0.1, 0.15) is 103 Å². The van der Waals surface area contributed by atoms with Crippen LogP contribution in [0.3, 0.4) is 0 Å². The van der Waals surface area contributed by atoms with Gasteiger partial charge < -0.3 is 14.7 Å². The van der Waals surface area contributed by atoms with Crippen molar-refractivity contribution in [2.24, 2.45) is 0 Å². The summed E-state index contributed by atoms with van der Waals surface area (Å²) in [7, 11) is 0. The minimum absolute atomic E-state index is 0.317. The van der Waals surface area contributed by atoms with Gasteiger partial charge in [-0.05, 0) is 68.7 Å². The minimum atomic E-state index is -0.672. The number of nitrogens with zero attached hydrogens (tertiary/aromatic N) is 2. The first-order valence-corrected chi connectivity index (χ1v) is 14.0. The second-order valence-corrected chi connectivity index (χ2v) is 10.2. The number of ether oxygens (including phenoxy) is 1. The summed E-state index contributed by atoms with van der Waals surface area (Å²) in [5.74, 6) is 1.26. The van der Waals surface area contributed by atoms with Crippen molar-refractivity contribution in [2.45, 2.75) is 103 Å². The third-order valence-corrected chi connectivity index (χ3v) is 7.25. The Labute approximate surface area is 216 Å². The Morgan fingerprint density at radius 3 is 2.31 bits per heavy atom. The van der Waals surface area contributed by atoms with Crippen molar-refractivity contribution in [2.75, 3.05) is 0 Å². The van der Waals surface area contributed by atoms with Gasteiger partial charge in [0, 0.05) is 30.9 Å². The summed E-state index contributed by atoms with van der Waals surface area (Å²) >= 11 is 0. The molecule has 0 spiro atoms. The van der Waals surface area contributed by atoms with Crippen LogP contribution >= 0.6 is 0 Å². The third kappa shape index (κ3) is 7.78. The molecule has 3 aliphatic heterocycles. The molecule has 4 aliphatic rings. The highest BCUT2D eigenvalue weighted by Crippen LogP contribution is 2.40. The molecule has 0 atom stereocenters. The quantitative estimate of drug-likeness (QED) is 0.164. The van der Waals surface area contributed by atoms with E-state index in [-0.39, 0.29) is 0 Å². The first-order valence-electron chi connectivity index (χ1n) is 14.0. The van der Waals surface area contributed by atoms with Crippen molar-refractivity contribution in [1.29, 1.82) is 0 Å². The topological polar surface area (TPSA) is 53.0 Å². The number of allylic oxidation sites excluding steroid dienone is 7. The molecule has 0 radical (unpaired) electrons. The Morgan fingerprint density at radius 2 is 1.56 bits per heavy atom. The van der Waals surface area contributed by atoms with Crippen LogP contribution in [0, 0.1) is 0 Å². The number of carboxylic acids is 1. The van der Waals surface area contributed by atoms with E-state index in [1.807, 2.05) is 0 Å². The van der Waals surface area contributed by atoms with E-state index in [4.69, 9.17) is 9.84 Å². The summed E-state index contributed by atoms with van der Waals surface area (Å²) in [5, 5.41) is 8.63. The number of carboxylic acid groups (broad SMARTS) is 1. The number of hydrogen-bond donors (Lipinski definition) is 1. The monoisotopic (exact) mass is 490 g/mol. The number of rotatable bonds is 17. The maximum absolute atomic E-state index is 10.5. The molecule has 0 saturated carbocycles. The number of carbonyl (C=O) groups is 1. The van der Waals surface area contributed by atoms with E-state index in [0.29, 0.717) is 6.42 Å². The first-order chi connectivity index (χ1) is 17.7. The van der Waals surface area contributed by atoms with Crippen LogP contribution < -0.4 is 0 Å². The maximum Gasteiger partial charge on any atom is 0.303 e. The third-order valence-electron chi connectivity index (χ3n) is 7.25. The summed E-state index contributed by atoms with van der Waals surface area (Å²) in [4.78, 5) is 14.9. The lowest BCUT2D eigenvalue weighted by molar-refractivity contribution is -0.137. The van der Waals surface area contributed by atoms with Crippen LogP contribution in [-0.4, -0.2) is 20.9 Å². The van der Waals surface area contributed by atoms with Gasteiger partial charge in [-0.25, -0.2) is 0 Å². The molecular weight excluding hydrogens is 448 g/mol. The first kappa shape index (κ1) is 26.1. The van der Waals surface area contributed by atoms with Gasteiger partial charge in [-0.3, -0.25) is 9.69 Å². The summed E-state index contributed by atoms with van der Waals surface area (Å²) in [6.07, 6.45) is 37.8. The lowest BCUT2D eigenvalue weighted by Crippen LogP contribution is -2.31. The Hall–Kier alpha value is -2.95. The molecule has 1 fully saturated rings. The molecule has 1 aliphatic carbocycles. The van der Waals surface area contributed by atoms with E-state index in [1.54, 1.807) is 0 Å². The molecule has 36 heavy (non-hydrogen) atoms. The molecule has 0 aromatic carbocycles. The molecule has 4 rings (SSSR count). The van der Waals surface area contributed by atoms with Gasteiger partial charge in [-0.1, -0.05) is 63.2 Å². The summed E-state index contributed by atoms with van der Waals surface area (Å²) in [6, 6.07) is 0. The fourth-order valence-electron chi connectivity index (χ4n) is 5.17. The fourth-order valence-corrected chi connectivity index (χ4v) is 5.17. The molecule has 1 N–H and O–H groups in total. The van der Waals surface area contributed by atoms with Crippen molar-refractivity contribution in [3.8, 4) is 0 Å². The highest BCUT2D eigenvalue weighted by molar-refractivity contribution is 5.66. The van der Waals surface area contributed by atoms with Crippen LogP contribution in [0.2, 0.25) is 0 Å². The Kier molecular flexibility index (Phi) is 10.1. The Morgan fingerprint density at radius 1 is 0.861 bits per heavy atom. The van der Waals surface area contributed by atoms with E-state index < -0.39 is 5.97 Å². The van der Waals surface area contributed by atoms with Crippen molar-refractivity contribution in [1.82, 2.24) is 9.80 Å². The molecule has 0 amide bonds. The molecule has 0 unspecified atom stereocenters. The highest BCUT2D eigenvalue weighted by atomic mass is 16.5. The molecule has 5 heteroatoms. The zero-order valence-corrected chi connectivity index (χ0v) is 21.7. The van der Waals surface area contributed by atoms with Gasteiger partial charge in [0.1, 0.15) is 5.76 Å². The molecule has 1 saturated heterocycles. The van der Waals surface area contributed by atoms with Gasteiger partial charge in [0.15, 0.2) is 0 Å². The summed E-state index contributed by atoms with van der Waals surface area (Å²) in [5.41, 5.74) is 3.98. The minimum Gasteiger partial charge on any atom is -0.481 e. The summed E-state index contributed by atoms with van der Waals surface area (Å²) in [6.45, 7) is 0. The second-order valence-electron chi connectivity index (χ2n) is 10.2. The largest absolute Gasteiger partial charge is 0.481 e. The van der Waals surface area contributed by atoms with Gasteiger partial charge in [0.05, 0.1) is 11.9 Å². The molecular formula is C31H42N2O3. The van der Waals surface area contributed by atoms with Gasteiger partial charge in [-0.15, -0.1) is 0 Å². The van der Waals surface area contributed by atoms with E-state index in [0.717, 1.165) is 50.2 Å². The zero-order valence-electron chi connectivity index (χ0n) is 21.7. The van der Waals surface area contributed by atoms with Gasteiger partial charge in [-0.2, -0.15) is 0 Å². The van der Waals surface area contributed by atoms with Crippen LogP contribution in [0.5, 0.6) is 0 Å². The van der Waals surface area contributed by atoms with Gasteiger partial charge >= 0.3 is 5.97 Å². The molecule has 3 heterocycles. The number of aliphatic carboxylic acids is 1. The molecule has 0 aromatic rings. The van der Waals surface area contributed by atoms with Crippen LogP contribution in [0.25, 0.3) is 0 Å². The van der Waals surface area contributed by atoms with Crippen molar-refractivity contribution in [3.05, 3.63) is 83.7 Å². The zero-order chi connectivity index (χ0) is 25.0. The fraction of sp³-hybridized carbons (Fsp3) is 0.516.